The number of likely N-dealkylation sites (tertiary alicyclic amines) is 2. The maximum absolute atomic E-state index is 16.2. The van der Waals surface area contributed by atoms with Crippen molar-refractivity contribution < 1.29 is 46.2 Å². The number of aromatic nitrogens is 4. The van der Waals surface area contributed by atoms with Gasteiger partial charge in [-0.15, -0.1) is 0 Å². The lowest BCUT2D eigenvalue weighted by atomic mass is 9.78. The second-order valence-electron chi connectivity index (χ2n) is 17.3. The number of imidazole rings is 2. The van der Waals surface area contributed by atoms with Gasteiger partial charge in [0.2, 0.25) is 11.8 Å². The first-order chi connectivity index (χ1) is 30.4. The van der Waals surface area contributed by atoms with Crippen molar-refractivity contribution in [2.75, 3.05) is 27.3 Å². The minimum atomic E-state index is -4.59. The largest absolute Gasteiger partial charge is 0.453 e. The second-order valence-corrected chi connectivity index (χ2v) is 17.3. The van der Waals surface area contributed by atoms with Gasteiger partial charge in [0.25, 0.3) is 0 Å². The zero-order chi connectivity index (χ0) is 45.8. The van der Waals surface area contributed by atoms with Crippen molar-refractivity contribution in [3.05, 3.63) is 83.6 Å². The van der Waals surface area contributed by atoms with Gasteiger partial charge < -0.3 is 39.9 Å². The summed E-state index contributed by atoms with van der Waals surface area (Å²) in [6, 6.07) is 10.7. The Hall–Kier alpha value is -6.46. The minimum absolute atomic E-state index is 0.0239. The number of benzene rings is 3. The van der Waals surface area contributed by atoms with E-state index < -0.39 is 59.3 Å². The van der Waals surface area contributed by atoms with Crippen LogP contribution >= 0.6 is 0 Å². The summed E-state index contributed by atoms with van der Waals surface area (Å²) in [6.45, 7) is 8.12. The molecule has 2 aliphatic heterocycles. The van der Waals surface area contributed by atoms with E-state index in [1.54, 1.807) is 54.0 Å². The molecule has 0 saturated carbocycles. The smallest absolute Gasteiger partial charge is 0.407 e. The summed E-state index contributed by atoms with van der Waals surface area (Å²) in [4.78, 5) is 70.2. The third-order valence-corrected chi connectivity index (χ3v) is 12.6. The number of fused-ring (bicyclic) bond motifs is 4. The number of methoxy groups -OCH3 is 2. The van der Waals surface area contributed by atoms with Crippen LogP contribution in [0, 0.1) is 11.8 Å². The fourth-order valence-electron chi connectivity index (χ4n) is 9.17. The molecule has 0 unspecified atom stereocenters. The number of alkyl carbamates (subject to hydrolysis) is 2. The van der Waals surface area contributed by atoms with E-state index in [1.165, 1.54) is 32.5 Å². The molecule has 338 valence electrons. The molecule has 2 aromatic heterocycles. The molecule has 4 atom stereocenters. The van der Waals surface area contributed by atoms with Crippen LogP contribution in [0.3, 0.4) is 0 Å². The number of alkyl halides is 4. The van der Waals surface area contributed by atoms with E-state index in [9.17, 15) is 19.2 Å². The van der Waals surface area contributed by atoms with E-state index in [2.05, 4.69) is 25.6 Å². The van der Waals surface area contributed by atoms with Gasteiger partial charge in [-0.05, 0) is 84.0 Å². The number of hydrogen-bond acceptors (Lipinski definition) is 8. The van der Waals surface area contributed by atoms with Gasteiger partial charge in [0.1, 0.15) is 23.7 Å². The fourth-order valence-corrected chi connectivity index (χ4v) is 9.17. The second kappa shape index (κ2) is 16.9. The predicted molar refractivity (Wildman–Crippen MR) is 228 cm³/mol. The van der Waals surface area contributed by atoms with Gasteiger partial charge >= 0.3 is 24.0 Å². The Kier molecular flexibility index (Phi) is 11.7. The molecule has 0 spiro atoms. The molecular weight excluding hydrogens is 837 g/mol. The number of aromatic amines is 2. The summed E-state index contributed by atoms with van der Waals surface area (Å²) in [7, 11) is 2.44. The molecule has 5 aromatic rings. The number of carbonyl (C=O) groups is 4. The van der Waals surface area contributed by atoms with Crippen LogP contribution in [-0.2, 0) is 30.9 Å². The molecule has 64 heavy (non-hydrogen) atoms. The lowest BCUT2D eigenvalue weighted by molar-refractivity contribution is -0.225. The Morgan fingerprint density at radius 2 is 1.17 bits per heavy atom. The van der Waals surface area contributed by atoms with Gasteiger partial charge in [-0.2, -0.15) is 17.6 Å². The Labute approximate surface area is 366 Å². The molecule has 3 aliphatic rings. The zero-order valence-corrected chi connectivity index (χ0v) is 36.2. The molecule has 2 saturated heterocycles. The van der Waals surface area contributed by atoms with E-state index in [1.807, 2.05) is 13.8 Å². The fraction of sp³-hybridized carbons (Fsp3) is 0.435. The number of nitrogens with zero attached hydrogens (tertiary/aromatic N) is 4. The monoisotopic (exact) mass is 886 g/mol. The van der Waals surface area contributed by atoms with Crippen molar-refractivity contribution in [2.24, 2.45) is 11.8 Å². The normalized spacial score (nSPS) is 19.6. The molecular formula is C46H50F4N8O6. The van der Waals surface area contributed by atoms with Crippen LogP contribution in [0.25, 0.3) is 44.5 Å². The van der Waals surface area contributed by atoms with Crippen LogP contribution in [0.5, 0.6) is 0 Å². The number of ether oxygens (including phenoxy) is 2. The van der Waals surface area contributed by atoms with Crippen LogP contribution < -0.4 is 10.6 Å². The standard InChI is InChI=1S/C46H50F4N8O6/c1-23(2)37(55-43(61)63-5)41(59)57-17-7-9-35(57)39-51-22-34(54-39)27-12-15-29-28-14-11-25(19-30(28)45(47,48)46(49,50)31(29)20-27)26-13-16-32-33(21-26)53-40(52-32)36-10-8-18-58(36)42(60)38(24(3)4)56-44(62)64-6/h11-16,19-24,35-38H,7-10,17-18H2,1-6H3,(H,51,54)(H,52,53)(H,55,61)(H,56,62)/t35-,36-,37-,38-/m0/s1. The van der Waals surface area contributed by atoms with E-state index in [-0.39, 0.29) is 40.3 Å². The van der Waals surface area contributed by atoms with Crippen LogP contribution in [0.2, 0.25) is 0 Å². The maximum Gasteiger partial charge on any atom is 0.407 e. The average Bonchev–Trinajstić information content (AvgIpc) is 4.12. The third kappa shape index (κ3) is 7.69. The Balaban J connectivity index is 1.05. The van der Waals surface area contributed by atoms with E-state index in [4.69, 9.17) is 14.5 Å². The van der Waals surface area contributed by atoms with Crippen LogP contribution in [0.15, 0.2) is 60.8 Å². The third-order valence-electron chi connectivity index (χ3n) is 12.6. The summed E-state index contributed by atoms with van der Waals surface area (Å²) in [5, 5.41) is 5.23. The van der Waals surface area contributed by atoms with Crippen molar-refractivity contribution >= 4 is 35.0 Å². The van der Waals surface area contributed by atoms with Gasteiger partial charge in [0.15, 0.2) is 0 Å². The van der Waals surface area contributed by atoms with Crippen molar-refractivity contribution in [1.82, 2.24) is 40.4 Å². The predicted octanol–water partition coefficient (Wildman–Crippen LogP) is 8.57. The first kappa shape index (κ1) is 44.2. The number of halogens is 4. The summed E-state index contributed by atoms with van der Waals surface area (Å²) in [6.07, 6.45) is 2.55. The van der Waals surface area contributed by atoms with Crippen molar-refractivity contribution in [3.63, 3.8) is 0 Å². The number of carbonyl (C=O) groups excluding carboxylic acids is 4. The zero-order valence-electron chi connectivity index (χ0n) is 36.2. The quantitative estimate of drug-likeness (QED) is 0.101. The SMILES string of the molecule is COC(=O)N[C@H](C(=O)N1CCC[C@H]1c1ncc(-c2ccc3c(c2)C(F)(F)C(F)(F)c2cc(-c4ccc5nc([C@@H]6CCCN6C(=O)[C@@H](NC(=O)OC)C(C)C)[nH]c5c4)ccc2-3)[nH]1)C(C)C. The first-order valence-corrected chi connectivity index (χ1v) is 21.3. The molecule has 3 aromatic carbocycles. The van der Waals surface area contributed by atoms with Gasteiger partial charge in [0, 0.05) is 29.8 Å². The minimum Gasteiger partial charge on any atom is -0.453 e. The van der Waals surface area contributed by atoms with Crippen molar-refractivity contribution in [1.29, 1.82) is 0 Å². The molecule has 4 heterocycles. The van der Waals surface area contributed by atoms with Gasteiger partial charge in [-0.25, -0.2) is 19.6 Å². The van der Waals surface area contributed by atoms with E-state index in [0.29, 0.717) is 78.3 Å². The van der Waals surface area contributed by atoms with E-state index >= 15 is 17.6 Å². The van der Waals surface area contributed by atoms with Crippen LogP contribution in [-0.4, -0.2) is 93.1 Å². The first-order valence-electron chi connectivity index (χ1n) is 21.3. The lowest BCUT2D eigenvalue weighted by Crippen LogP contribution is -2.51. The Morgan fingerprint density at radius 1 is 0.688 bits per heavy atom. The highest BCUT2D eigenvalue weighted by Gasteiger charge is 2.63. The van der Waals surface area contributed by atoms with Crippen LogP contribution in [0.1, 0.15) is 88.2 Å². The number of amides is 4. The highest BCUT2D eigenvalue weighted by molar-refractivity contribution is 5.88. The summed E-state index contributed by atoms with van der Waals surface area (Å²) >= 11 is 0. The van der Waals surface area contributed by atoms with E-state index in [0.717, 1.165) is 12.1 Å². The number of rotatable bonds is 10. The van der Waals surface area contributed by atoms with Gasteiger partial charge in [-0.1, -0.05) is 58.0 Å². The molecule has 2 fully saturated rings. The van der Waals surface area contributed by atoms with Gasteiger partial charge in [0.05, 0.1) is 49.2 Å². The lowest BCUT2D eigenvalue weighted by Gasteiger charge is -2.35. The highest BCUT2D eigenvalue weighted by atomic mass is 19.3. The maximum atomic E-state index is 16.2. The molecule has 18 heteroatoms. The average molecular weight is 887 g/mol. The summed E-state index contributed by atoms with van der Waals surface area (Å²) in [5.74, 6) is -9.29. The van der Waals surface area contributed by atoms with Crippen LogP contribution in [0.4, 0.5) is 27.2 Å². The topological polar surface area (TPSA) is 175 Å². The molecule has 1 aliphatic carbocycles. The molecule has 8 rings (SSSR count). The molecule has 14 nitrogen and oxygen atoms in total. The highest BCUT2D eigenvalue weighted by Crippen LogP contribution is 2.59. The van der Waals surface area contributed by atoms with Crippen molar-refractivity contribution in [3.8, 4) is 33.5 Å². The Bertz CT molecular complexity index is 2630. The molecule has 4 amide bonds. The molecule has 4 N–H and O–H groups in total. The Morgan fingerprint density at radius 3 is 1.70 bits per heavy atom. The number of hydrogen-bond donors (Lipinski definition) is 4. The molecule has 0 bridgehead atoms. The number of H-pyrrole nitrogens is 2. The summed E-state index contributed by atoms with van der Waals surface area (Å²) in [5.41, 5.74) is 0.752. The molecule has 0 radical (unpaired) electrons. The summed E-state index contributed by atoms with van der Waals surface area (Å²) < 4.78 is 74.4. The van der Waals surface area contributed by atoms with Gasteiger partial charge in [-0.3, -0.25) is 9.59 Å². The number of nitrogens with one attached hydrogen (secondary N) is 4. The van der Waals surface area contributed by atoms with Crippen molar-refractivity contribution in [2.45, 2.75) is 89.4 Å².